The topological polar surface area (TPSA) is 57.0 Å². The number of hydrogen-bond acceptors (Lipinski definition) is 4. The summed E-state index contributed by atoms with van der Waals surface area (Å²) in [5.41, 5.74) is 2.38. The molecule has 2 aromatic heterocycles. The molecule has 0 aliphatic rings. The van der Waals surface area contributed by atoms with Crippen molar-refractivity contribution >= 4 is 17.5 Å². The molecule has 2 aromatic rings. The molecule has 0 bridgehead atoms. The molecule has 0 aliphatic carbocycles. The van der Waals surface area contributed by atoms with Crippen molar-refractivity contribution < 1.29 is 19.1 Å². The predicted octanol–water partition coefficient (Wildman–Crippen LogP) is 5.20. The third-order valence-electron chi connectivity index (χ3n) is 4.68. The van der Waals surface area contributed by atoms with E-state index in [1.807, 2.05) is 18.2 Å². The minimum atomic E-state index is -0.490. The van der Waals surface area contributed by atoms with E-state index in [1.54, 1.807) is 24.4 Å². The monoisotopic (exact) mass is 373 g/mol. The van der Waals surface area contributed by atoms with Crippen LogP contribution in [-0.4, -0.2) is 29.6 Å². The van der Waals surface area contributed by atoms with E-state index in [4.69, 9.17) is 9.47 Å². The van der Waals surface area contributed by atoms with Gasteiger partial charge in [-0.25, -0.2) is 9.59 Å². The summed E-state index contributed by atoms with van der Waals surface area (Å²) in [4.78, 5) is 25.3. The van der Waals surface area contributed by atoms with Crippen LogP contribution >= 0.6 is 0 Å². The van der Waals surface area contributed by atoms with Gasteiger partial charge >= 0.3 is 11.9 Å². The van der Waals surface area contributed by atoms with Gasteiger partial charge in [0.1, 0.15) is 5.69 Å². The lowest BCUT2D eigenvalue weighted by Crippen LogP contribution is -2.15. The Balaban J connectivity index is 2.39. The van der Waals surface area contributed by atoms with Gasteiger partial charge in [-0.15, -0.1) is 0 Å². The maximum Gasteiger partial charge on any atom is 0.356 e. The molecule has 27 heavy (non-hydrogen) atoms. The van der Waals surface area contributed by atoms with Crippen molar-refractivity contribution in [2.45, 2.75) is 65.7 Å². The first-order valence-electron chi connectivity index (χ1n) is 10.1. The number of fused-ring (bicyclic) bond motifs is 1. The van der Waals surface area contributed by atoms with E-state index < -0.39 is 11.9 Å². The number of esters is 2. The standard InChI is InChI=1S/C22H31NO4/c1-4-7-8-9-10-11-14-17-18-15-12-13-16-23(18)20(22(25)27-6-3)19(17)21(24)26-5-2/h12-13,15-16H,4-11,14H2,1-3H3. The van der Waals surface area contributed by atoms with Crippen molar-refractivity contribution in [2.24, 2.45) is 0 Å². The lowest BCUT2D eigenvalue weighted by Gasteiger charge is -2.07. The summed E-state index contributed by atoms with van der Waals surface area (Å²) in [6.07, 6.45) is 9.55. The van der Waals surface area contributed by atoms with Crippen molar-refractivity contribution in [1.82, 2.24) is 4.40 Å². The van der Waals surface area contributed by atoms with Crippen molar-refractivity contribution in [1.29, 1.82) is 0 Å². The molecule has 2 rings (SSSR count). The highest BCUT2D eigenvalue weighted by atomic mass is 16.5. The smallest absolute Gasteiger partial charge is 0.356 e. The molecule has 5 heteroatoms. The van der Waals surface area contributed by atoms with E-state index >= 15 is 0 Å². The first kappa shape index (κ1) is 21.0. The second-order valence-electron chi connectivity index (χ2n) is 6.62. The summed E-state index contributed by atoms with van der Waals surface area (Å²) in [5, 5.41) is 0. The number of ether oxygens (including phenoxy) is 2. The van der Waals surface area contributed by atoms with Crippen LogP contribution in [0.2, 0.25) is 0 Å². The second-order valence-corrected chi connectivity index (χ2v) is 6.62. The van der Waals surface area contributed by atoms with Gasteiger partial charge in [0, 0.05) is 11.7 Å². The van der Waals surface area contributed by atoms with E-state index in [9.17, 15) is 9.59 Å². The molecule has 0 radical (unpaired) electrons. The van der Waals surface area contributed by atoms with Crippen LogP contribution in [0.25, 0.3) is 5.52 Å². The second kappa shape index (κ2) is 10.8. The van der Waals surface area contributed by atoms with Crippen LogP contribution in [0, 0.1) is 0 Å². The molecule has 148 valence electrons. The zero-order valence-corrected chi connectivity index (χ0v) is 16.8. The molecule has 0 unspecified atom stereocenters. The van der Waals surface area contributed by atoms with Crippen LogP contribution in [0.15, 0.2) is 24.4 Å². The number of unbranched alkanes of at least 4 members (excludes halogenated alkanes) is 5. The summed E-state index contributed by atoms with van der Waals surface area (Å²) in [7, 11) is 0. The van der Waals surface area contributed by atoms with Crippen LogP contribution < -0.4 is 0 Å². The molecule has 0 aliphatic heterocycles. The Hall–Kier alpha value is -2.30. The average Bonchev–Trinajstić information content (AvgIpc) is 2.99. The zero-order valence-electron chi connectivity index (χ0n) is 16.8. The number of rotatable bonds is 11. The quantitative estimate of drug-likeness (QED) is 0.401. The highest BCUT2D eigenvalue weighted by Crippen LogP contribution is 2.27. The van der Waals surface area contributed by atoms with Gasteiger partial charge in [0.05, 0.1) is 18.8 Å². The number of carbonyl (C=O) groups excluding carboxylic acids is 2. The number of pyridine rings is 1. The van der Waals surface area contributed by atoms with Gasteiger partial charge in [-0.1, -0.05) is 45.1 Å². The maximum atomic E-state index is 12.7. The summed E-state index contributed by atoms with van der Waals surface area (Å²) >= 11 is 0. The van der Waals surface area contributed by atoms with Crippen LogP contribution in [0.4, 0.5) is 0 Å². The molecule has 0 atom stereocenters. The fraction of sp³-hybridized carbons (Fsp3) is 0.545. The van der Waals surface area contributed by atoms with E-state index in [0.717, 1.165) is 30.3 Å². The first-order chi connectivity index (χ1) is 13.2. The highest BCUT2D eigenvalue weighted by molar-refractivity contribution is 6.06. The molecule has 0 saturated carbocycles. The Morgan fingerprint density at radius 3 is 2.26 bits per heavy atom. The molecule has 0 saturated heterocycles. The number of nitrogens with zero attached hydrogens (tertiary/aromatic N) is 1. The van der Waals surface area contributed by atoms with Crippen LogP contribution in [-0.2, 0) is 15.9 Å². The Morgan fingerprint density at radius 1 is 0.889 bits per heavy atom. The van der Waals surface area contributed by atoms with Crippen molar-refractivity contribution in [3.05, 3.63) is 41.2 Å². The van der Waals surface area contributed by atoms with E-state index in [2.05, 4.69) is 6.92 Å². The summed E-state index contributed by atoms with van der Waals surface area (Å²) in [6, 6.07) is 5.71. The number of aryl methyl sites for hydroxylation is 1. The molecule has 0 amide bonds. The zero-order chi connectivity index (χ0) is 19.6. The Morgan fingerprint density at radius 2 is 1.56 bits per heavy atom. The van der Waals surface area contributed by atoms with Crippen molar-refractivity contribution in [2.75, 3.05) is 13.2 Å². The summed E-state index contributed by atoms with van der Waals surface area (Å²) in [6.45, 7) is 6.26. The van der Waals surface area contributed by atoms with Crippen molar-refractivity contribution in [3.63, 3.8) is 0 Å². The Kier molecular flexibility index (Phi) is 8.37. The van der Waals surface area contributed by atoms with E-state index in [-0.39, 0.29) is 18.9 Å². The molecule has 5 nitrogen and oxygen atoms in total. The predicted molar refractivity (Wildman–Crippen MR) is 106 cm³/mol. The van der Waals surface area contributed by atoms with Gasteiger partial charge in [-0.05, 0) is 44.4 Å². The third kappa shape index (κ3) is 5.12. The molecule has 0 aromatic carbocycles. The van der Waals surface area contributed by atoms with Crippen LogP contribution in [0.1, 0.15) is 85.7 Å². The fourth-order valence-electron chi connectivity index (χ4n) is 3.43. The fourth-order valence-corrected chi connectivity index (χ4v) is 3.43. The summed E-state index contributed by atoms with van der Waals surface area (Å²) < 4.78 is 12.2. The van der Waals surface area contributed by atoms with Gasteiger partial charge in [0.25, 0.3) is 0 Å². The molecular formula is C22H31NO4. The molecular weight excluding hydrogens is 342 g/mol. The van der Waals surface area contributed by atoms with E-state index in [0.29, 0.717) is 5.56 Å². The molecule has 0 fully saturated rings. The molecule has 0 spiro atoms. The average molecular weight is 373 g/mol. The third-order valence-corrected chi connectivity index (χ3v) is 4.68. The largest absolute Gasteiger partial charge is 0.462 e. The van der Waals surface area contributed by atoms with Gasteiger partial charge in [0.15, 0.2) is 0 Å². The van der Waals surface area contributed by atoms with E-state index in [1.165, 1.54) is 25.7 Å². The number of carbonyl (C=O) groups is 2. The normalized spacial score (nSPS) is 10.9. The lowest BCUT2D eigenvalue weighted by atomic mass is 10.0. The number of hydrogen-bond donors (Lipinski definition) is 0. The van der Waals surface area contributed by atoms with Crippen LogP contribution in [0.5, 0.6) is 0 Å². The molecule has 0 N–H and O–H groups in total. The number of aromatic nitrogens is 1. The van der Waals surface area contributed by atoms with Gasteiger partial charge in [-0.2, -0.15) is 0 Å². The summed E-state index contributed by atoms with van der Waals surface area (Å²) in [5.74, 6) is -0.943. The van der Waals surface area contributed by atoms with Gasteiger partial charge < -0.3 is 13.9 Å². The maximum absolute atomic E-state index is 12.7. The molecule has 2 heterocycles. The Bertz CT molecular complexity index is 763. The minimum Gasteiger partial charge on any atom is -0.462 e. The Labute approximate surface area is 161 Å². The van der Waals surface area contributed by atoms with Gasteiger partial charge in [0.2, 0.25) is 0 Å². The van der Waals surface area contributed by atoms with Crippen molar-refractivity contribution in [3.8, 4) is 0 Å². The first-order valence-corrected chi connectivity index (χ1v) is 10.1. The highest BCUT2D eigenvalue weighted by Gasteiger charge is 2.29. The SMILES string of the molecule is CCCCCCCCc1c(C(=O)OCC)c(C(=O)OCC)n2ccccc12. The minimum absolute atomic E-state index is 0.258. The lowest BCUT2D eigenvalue weighted by molar-refractivity contribution is 0.0473. The van der Waals surface area contributed by atoms with Gasteiger partial charge in [-0.3, -0.25) is 0 Å². The van der Waals surface area contributed by atoms with Crippen LogP contribution in [0.3, 0.4) is 0 Å².